The van der Waals surface area contributed by atoms with Crippen LogP contribution in [-0.2, 0) is 21.2 Å². The number of rotatable bonds is 5. The van der Waals surface area contributed by atoms with Gasteiger partial charge in [-0.15, -0.1) is 0 Å². The molecule has 1 aromatic carbocycles. The minimum absolute atomic E-state index is 0.0833. The molecule has 0 bridgehead atoms. The zero-order valence-electron chi connectivity index (χ0n) is 12.9. The van der Waals surface area contributed by atoms with Crippen LogP contribution in [0.4, 0.5) is 0 Å². The van der Waals surface area contributed by atoms with Crippen LogP contribution in [0.3, 0.4) is 0 Å². The lowest BCUT2D eigenvalue weighted by molar-refractivity contribution is -0.133. The lowest BCUT2D eigenvalue weighted by Gasteiger charge is -2.36. The molecule has 1 unspecified atom stereocenters. The molecule has 128 valence electrons. The molecule has 0 spiro atoms. The van der Waals surface area contributed by atoms with E-state index in [0.717, 1.165) is 25.5 Å². The number of piperidine rings is 1. The van der Waals surface area contributed by atoms with E-state index in [4.69, 9.17) is 23.2 Å². The van der Waals surface area contributed by atoms with Gasteiger partial charge in [-0.1, -0.05) is 29.3 Å². The van der Waals surface area contributed by atoms with Crippen LogP contribution < -0.4 is 4.72 Å². The summed E-state index contributed by atoms with van der Waals surface area (Å²) in [5, 5.41) is 0.933. The Hall–Kier alpha value is -0.820. The predicted octanol–water partition coefficient (Wildman–Crippen LogP) is 2.47. The molecule has 1 atom stereocenters. The van der Waals surface area contributed by atoms with Crippen LogP contribution in [0.2, 0.25) is 10.0 Å². The normalized spacial score (nSPS) is 18.9. The predicted molar refractivity (Wildman–Crippen MR) is 92.4 cm³/mol. The largest absolute Gasteiger partial charge is 0.338 e. The van der Waals surface area contributed by atoms with Gasteiger partial charge in [0.25, 0.3) is 0 Å². The fourth-order valence-corrected chi connectivity index (χ4v) is 3.77. The first-order valence-corrected chi connectivity index (χ1v) is 10.1. The minimum atomic E-state index is -3.28. The molecule has 0 aromatic heterocycles. The van der Waals surface area contributed by atoms with E-state index in [2.05, 4.69) is 4.72 Å². The maximum atomic E-state index is 12.6. The van der Waals surface area contributed by atoms with Crippen molar-refractivity contribution in [1.29, 1.82) is 0 Å². The molecule has 1 aliphatic rings. The number of halogens is 2. The average Bonchev–Trinajstić information content (AvgIpc) is 2.48. The third-order valence-electron chi connectivity index (χ3n) is 3.92. The van der Waals surface area contributed by atoms with E-state index in [9.17, 15) is 13.2 Å². The van der Waals surface area contributed by atoms with E-state index in [0.29, 0.717) is 22.2 Å². The number of nitrogens with one attached hydrogen (secondary N) is 1. The fraction of sp³-hybridized carbons (Fsp3) is 0.533. The van der Waals surface area contributed by atoms with Crippen molar-refractivity contribution < 1.29 is 13.2 Å². The average molecular weight is 379 g/mol. The number of amides is 1. The molecular formula is C15H20Cl2N2O3S. The second kappa shape index (κ2) is 7.83. The summed E-state index contributed by atoms with van der Waals surface area (Å²) in [4.78, 5) is 14.4. The molecule has 0 saturated carbocycles. The second-order valence-electron chi connectivity index (χ2n) is 5.73. The fourth-order valence-electron chi connectivity index (χ4n) is 2.74. The van der Waals surface area contributed by atoms with Crippen molar-refractivity contribution >= 4 is 39.1 Å². The monoisotopic (exact) mass is 378 g/mol. The van der Waals surface area contributed by atoms with Crippen LogP contribution in [0, 0.1) is 0 Å². The lowest BCUT2D eigenvalue weighted by atomic mass is 10.0. The van der Waals surface area contributed by atoms with Crippen molar-refractivity contribution in [3.8, 4) is 0 Å². The lowest BCUT2D eigenvalue weighted by Crippen LogP contribution is -2.49. The first-order valence-electron chi connectivity index (χ1n) is 7.45. The highest BCUT2D eigenvalue weighted by atomic mass is 35.5. The Morgan fingerprint density at radius 2 is 1.96 bits per heavy atom. The van der Waals surface area contributed by atoms with Crippen LogP contribution in [0.25, 0.3) is 0 Å². The maximum Gasteiger partial charge on any atom is 0.227 e. The van der Waals surface area contributed by atoms with Crippen molar-refractivity contribution in [1.82, 2.24) is 9.62 Å². The molecule has 1 N–H and O–H groups in total. The van der Waals surface area contributed by atoms with Crippen LogP contribution in [0.5, 0.6) is 0 Å². The Labute approximate surface area is 147 Å². The van der Waals surface area contributed by atoms with E-state index >= 15 is 0 Å². The van der Waals surface area contributed by atoms with Crippen LogP contribution >= 0.6 is 23.2 Å². The summed E-state index contributed by atoms with van der Waals surface area (Å²) in [6.45, 7) is 0.859. The molecule has 0 aliphatic carbocycles. The van der Waals surface area contributed by atoms with Gasteiger partial charge >= 0.3 is 0 Å². The number of likely N-dealkylation sites (tertiary alicyclic amines) is 1. The molecule has 8 heteroatoms. The van der Waals surface area contributed by atoms with Gasteiger partial charge in [-0.05, 0) is 37.0 Å². The third kappa shape index (κ3) is 5.35. The van der Waals surface area contributed by atoms with Gasteiger partial charge < -0.3 is 4.90 Å². The summed E-state index contributed by atoms with van der Waals surface area (Å²) in [5.41, 5.74) is 0.612. The van der Waals surface area contributed by atoms with E-state index in [-0.39, 0.29) is 24.9 Å². The molecule has 1 saturated heterocycles. The number of benzene rings is 1. The van der Waals surface area contributed by atoms with Gasteiger partial charge in [0.05, 0.1) is 12.7 Å². The number of hydrogen-bond acceptors (Lipinski definition) is 3. The number of nitrogens with zero attached hydrogens (tertiary/aromatic N) is 1. The van der Waals surface area contributed by atoms with Crippen molar-refractivity contribution in [2.45, 2.75) is 31.7 Å². The summed E-state index contributed by atoms with van der Waals surface area (Å²) < 4.78 is 25.1. The van der Waals surface area contributed by atoms with E-state index in [1.165, 1.54) is 0 Å². The van der Waals surface area contributed by atoms with E-state index in [1.54, 1.807) is 23.1 Å². The zero-order chi connectivity index (χ0) is 17.0. The molecule has 1 amide bonds. The van der Waals surface area contributed by atoms with Gasteiger partial charge in [0.2, 0.25) is 15.9 Å². The molecule has 0 radical (unpaired) electrons. The quantitative estimate of drug-likeness (QED) is 0.855. The standard InChI is InChI=1S/C15H20Cl2N2O3S/c1-23(21,22)18-10-11-5-2-3-8-19(11)15(20)9-12-13(16)6-4-7-14(12)17/h4,6-7,11,18H,2-3,5,8-10H2,1H3. The Balaban J connectivity index is 2.09. The van der Waals surface area contributed by atoms with Gasteiger partial charge in [0.1, 0.15) is 0 Å². The Morgan fingerprint density at radius 1 is 1.30 bits per heavy atom. The Bertz CT molecular complexity index is 659. The molecule has 1 heterocycles. The Morgan fingerprint density at radius 3 is 2.57 bits per heavy atom. The van der Waals surface area contributed by atoms with Crippen molar-refractivity contribution in [2.75, 3.05) is 19.3 Å². The number of hydrogen-bond donors (Lipinski definition) is 1. The summed E-state index contributed by atoms with van der Waals surface area (Å²) >= 11 is 12.2. The molecular weight excluding hydrogens is 359 g/mol. The highest BCUT2D eigenvalue weighted by Gasteiger charge is 2.28. The molecule has 2 rings (SSSR count). The maximum absolute atomic E-state index is 12.6. The number of carbonyl (C=O) groups excluding carboxylic acids is 1. The first kappa shape index (κ1) is 18.5. The van der Waals surface area contributed by atoms with Gasteiger partial charge in [-0.3, -0.25) is 4.79 Å². The SMILES string of the molecule is CS(=O)(=O)NCC1CCCCN1C(=O)Cc1c(Cl)cccc1Cl. The topological polar surface area (TPSA) is 66.5 Å². The summed E-state index contributed by atoms with van der Waals surface area (Å²) in [5.74, 6) is -0.0833. The number of sulfonamides is 1. The van der Waals surface area contributed by atoms with Gasteiger partial charge in [0.15, 0.2) is 0 Å². The van der Waals surface area contributed by atoms with Crippen molar-refractivity contribution in [3.05, 3.63) is 33.8 Å². The number of carbonyl (C=O) groups is 1. The van der Waals surface area contributed by atoms with Gasteiger partial charge in [-0.25, -0.2) is 13.1 Å². The van der Waals surface area contributed by atoms with Crippen LogP contribution in [0.15, 0.2) is 18.2 Å². The van der Waals surface area contributed by atoms with Crippen LogP contribution in [-0.4, -0.2) is 44.6 Å². The smallest absolute Gasteiger partial charge is 0.227 e. The first-order chi connectivity index (χ1) is 10.8. The third-order valence-corrected chi connectivity index (χ3v) is 5.32. The molecule has 23 heavy (non-hydrogen) atoms. The second-order valence-corrected chi connectivity index (χ2v) is 8.38. The Kier molecular flexibility index (Phi) is 6.31. The zero-order valence-corrected chi connectivity index (χ0v) is 15.2. The molecule has 1 aromatic rings. The van der Waals surface area contributed by atoms with E-state index < -0.39 is 10.0 Å². The van der Waals surface area contributed by atoms with Crippen molar-refractivity contribution in [3.63, 3.8) is 0 Å². The summed E-state index contributed by atoms with van der Waals surface area (Å²) in [7, 11) is -3.28. The van der Waals surface area contributed by atoms with Gasteiger partial charge in [-0.2, -0.15) is 0 Å². The molecule has 5 nitrogen and oxygen atoms in total. The van der Waals surface area contributed by atoms with Crippen LogP contribution in [0.1, 0.15) is 24.8 Å². The van der Waals surface area contributed by atoms with E-state index in [1.807, 2.05) is 0 Å². The highest BCUT2D eigenvalue weighted by Crippen LogP contribution is 2.26. The highest BCUT2D eigenvalue weighted by molar-refractivity contribution is 7.88. The molecule has 1 aliphatic heterocycles. The van der Waals surface area contributed by atoms with Gasteiger partial charge in [0, 0.05) is 29.2 Å². The summed E-state index contributed by atoms with van der Waals surface area (Å²) in [6.07, 6.45) is 3.91. The molecule has 1 fully saturated rings. The van der Waals surface area contributed by atoms with Crippen molar-refractivity contribution in [2.24, 2.45) is 0 Å². The minimum Gasteiger partial charge on any atom is -0.338 e. The summed E-state index contributed by atoms with van der Waals surface area (Å²) in [6, 6.07) is 5.01.